The van der Waals surface area contributed by atoms with Crippen LogP contribution in [0.2, 0.25) is 0 Å². The number of hydrogen-bond acceptors (Lipinski definition) is 7. The van der Waals surface area contributed by atoms with Crippen LogP contribution in [0.15, 0.2) is 78.9 Å². The Hall–Kier alpha value is -4.22. The predicted molar refractivity (Wildman–Crippen MR) is 139 cm³/mol. The normalized spacial score (nSPS) is 11.2. The molecular formula is C25H27N5O5S. The summed E-state index contributed by atoms with van der Waals surface area (Å²) in [4.78, 5) is 38.6. The molecule has 5 N–H and O–H groups in total. The molecule has 0 aromatic heterocycles. The van der Waals surface area contributed by atoms with E-state index in [0.29, 0.717) is 22.7 Å². The van der Waals surface area contributed by atoms with Crippen molar-refractivity contribution in [2.24, 2.45) is 5.73 Å². The average molecular weight is 510 g/mol. The van der Waals surface area contributed by atoms with Crippen molar-refractivity contribution in [2.75, 3.05) is 23.8 Å². The number of carbonyl (C=O) groups excluding carboxylic acids is 3. The first-order valence-electron chi connectivity index (χ1n) is 10.9. The molecule has 3 aromatic carbocycles. The van der Waals surface area contributed by atoms with Crippen LogP contribution in [0.4, 0.5) is 16.2 Å². The number of likely N-dealkylation sites (N-methyl/N-ethyl adjacent to an activating group) is 1. The van der Waals surface area contributed by atoms with Gasteiger partial charge >= 0.3 is 6.03 Å². The Balaban J connectivity index is 1.60. The van der Waals surface area contributed by atoms with Crippen molar-refractivity contribution in [3.05, 3.63) is 90.0 Å². The van der Waals surface area contributed by atoms with E-state index in [1.54, 1.807) is 62.7 Å². The summed E-state index contributed by atoms with van der Waals surface area (Å²) in [5, 5.41) is 2.67. The maximum atomic E-state index is 13.3. The second kappa shape index (κ2) is 13.0. The molecule has 11 heteroatoms. The van der Waals surface area contributed by atoms with E-state index in [2.05, 4.69) is 15.5 Å². The smallest absolute Gasteiger partial charge is 0.340 e. The van der Waals surface area contributed by atoms with Crippen LogP contribution in [0, 0.1) is 0 Å². The summed E-state index contributed by atoms with van der Waals surface area (Å²) in [6.07, 6.45) is 0.277. The van der Waals surface area contributed by atoms with Crippen LogP contribution in [0.3, 0.4) is 0 Å². The Morgan fingerprint density at radius 2 is 1.72 bits per heavy atom. The zero-order chi connectivity index (χ0) is 25.9. The van der Waals surface area contributed by atoms with Crippen LogP contribution in [-0.2, 0) is 15.5 Å². The van der Waals surface area contributed by atoms with Crippen LogP contribution in [0.5, 0.6) is 5.75 Å². The first-order chi connectivity index (χ1) is 17.4. The number of nitrogens with zero attached hydrogens (tertiary/aromatic N) is 1. The molecule has 0 bridgehead atoms. The average Bonchev–Trinajstić information content (AvgIpc) is 2.90. The van der Waals surface area contributed by atoms with Crippen LogP contribution >= 0.6 is 12.2 Å². The molecule has 0 saturated heterocycles. The molecule has 36 heavy (non-hydrogen) atoms. The molecule has 0 heterocycles. The molecule has 0 saturated carbocycles. The van der Waals surface area contributed by atoms with Gasteiger partial charge in [-0.3, -0.25) is 9.59 Å². The van der Waals surface area contributed by atoms with E-state index in [9.17, 15) is 14.4 Å². The van der Waals surface area contributed by atoms with Crippen LogP contribution in [-0.4, -0.2) is 38.0 Å². The molecule has 188 valence electrons. The van der Waals surface area contributed by atoms with Gasteiger partial charge in [-0.15, -0.1) is 0 Å². The van der Waals surface area contributed by atoms with Gasteiger partial charge in [-0.25, -0.2) is 10.3 Å². The fourth-order valence-electron chi connectivity index (χ4n) is 3.27. The first-order valence-corrected chi connectivity index (χ1v) is 11.6. The van der Waals surface area contributed by atoms with Gasteiger partial charge in [-0.1, -0.05) is 36.4 Å². The van der Waals surface area contributed by atoms with Gasteiger partial charge in [0.2, 0.25) is 11.8 Å². The summed E-state index contributed by atoms with van der Waals surface area (Å²) in [5.41, 5.74) is 9.90. The van der Waals surface area contributed by atoms with Crippen molar-refractivity contribution in [1.82, 2.24) is 10.8 Å². The van der Waals surface area contributed by atoms with E-state index in [0.717, 1.165) is 17.8 Å². The summed E-state index contributed by atoms with van der Waals surface area (Å²) in [6, 6.07) is 21.3. The zero-order valence-electron chi connectivity index (χ0n) is 19.8. The van der Waals surface area contributed by atoms with Gasteiger partial charge in [0.1, 0.15) is 24.0 Å². The molecule has 0 unspecified atom stereocenters. The number of anilines is 2. The standard InChI is InChI=1S/C25H27N5O5S/c1-30(20-11-13-21(34-2)14-12-20)24(32)22(15-17-7-4-3-5-8-17)27-25(33)28-35-36-29-19-10-6-9-18(16-19)23(26)31/h3-14,16,22,29H,15H2,1-2H3,(H2,26,31)(H2,27,28,33)/t22-/m0/s1. The number of rotatable bonds is 11. The van der Waals surface area contributed by atoms with Crippen molar-refractivity contribution in [1.29, 1.82) is 0 Å². The summed E-state index contributed by atoms with van der Waals surface area (Å²) in [7, 11) is 3.20. The Bertz CT molecular complexity index is 1180. The third kappa shape index (κ3) is 7.65. The second-order valence-corrected chi connectivity index (χ2v) is 8.16. The van der Waals surface area contributed by atoms with Crippen LogP contribution in [0.25, 0.3) is 0 Å². The molecular weight excluding hydrogens is 482 g/mol. The van der Waals surface area contributed by atoms with E-state index >= 15 is 0 Å². The number of hydroxylamine groups is 1. The molecule has 0 fully saturated rings. The molecule has 1 atom stereocenters. The number of hydrogen-bond donors (Lipinski definition) is 4. The first kappa shape index (κ1) is 26.4. The number of primary amides is 1. The number of methoxy groups -OCH3 is 1. The van der Waals surface area contributed by atoms with Crippen LogP contribution < -0.4 is 30.9 Å². The lowest BCUT2D eigenvalue weighted by atomic mass is 10.0. The van der Waals surface area contributed by atoms with E-state index in [4.69, 9.17) is 14.8 Å². The molecule has 0 aliphatic carbocycles. The van der Waals surface area contributed by atoms with Gasteiger partial charge in [0.05, 0.1) is 7.11 Å². The molecule has 0 aliphatic heterocycles. The highest BCUT2D eigenvalue weighted by Gasteiger charge is 2.25. The van der Waals surface area contributed by atoms with E-state index < -0.39 is 18.0 Å². The molecule has 0 aliphatic rings. The van der Waals surface area contributed by atoms with Crippen molar-refractivity contribution < 1.29 is 23.4 Å². The zero-order valence-corrected chi connectivity index (χ0v) is 20.6. The van der Waals surface area contributed by atoms with Gasteiger partial charge in [-0.2, -0.15) is 4.28 Å². The number of urea groups is 1. The molecule has 10 nitrogen and oxygen atoms in total. The highest BCUT2D eigenvalue weighted by molar-refractivity contribution is 7.95. The number of amides is 4. The lowest BCUT2D eigenvalue weighted by molar-refractivity contribution is -0.120. The number of ether oxygens (including phenoxy) is 1. The van der Waals surface area contributed by atoms with Crippen molar-refractivity contribution >= 4 is 41.4 Å². The minimum absolute atomic E-state index is 0.277. The monoisotopic (exact) mass is 509 g/mol. The number of nitrogens with one attached hydrogen (secondary N) is 3. The van der Waals surface area contributed by atoms with Gasteiger partial charge in [0.25, 0.3) is 0 Å². The predicted octanol–water partition coefficient (Wildman–Crippen LogP) is 3.27. The third-order valence-corrected chi connectivity index (χ3v) is 5.64. The van der Waals surface area contributed by atoms with Gasteiger partial charge in [0.15, 0.2) is 0 Å². The van der Waals surface area contributed by atoms with Crippen molar-refractivity contribution in [2.45, 2.75) is 12.5 Å². The lowest BCUT2D eigenvalue weighted by Crippen LogP contribution is -2.51. The summed E-state index contributed by atoms with van der Waals surface area (Å²) < 4.78 is 13.1. The van der Waals surface area contributed by atoms with Gasteiger partial charge in [0, 0.05) is 30.4 Å². The minimum atomic E-state index is -0.867. The van der Waals surface area contributed by atoms with Gasteiger partial charge in [-0.05, 0) is 48.0 Å². The summed E-state index contributed by atoms with van der Waals surface area (Å²) >= 11 is 0.720. The van der Waals surface area contributed by atoms with Crippen molar-refractivity contribution in [3.8, 4) is 5.75 Å². The largest absolute Gasteiger partial charge is 0.497 e. The Kier molecular flexibility index (Phi) is 9.55. The summed E-state index contributed by atoms with van der Waals surface area (Å²) in [5.74, 6) is -0.202. The third-order valence-electron chi connectivity index (χ3n) is 5.16. The fourth-order valence-corrected chi connectivity index (χ4v) is 3.65. The number of carbonyl (C=O) groups is 3. The Labute approximate surface area is 213 Å². The topological polar surface area (TPSA) is 135 Å². The highest BCUT2D eigenvalue weighted by atomic mass is 32.2. The Morgan fingerprint density at radius 3 is 2.39 bits per heavy atom. The SMILES string of the molecule is COc1ccc(N(C)C(=O)[C@H](Cc2ccccc2)NC(=O)NOSNc2cccc(C(N)=O)c2)cc1. The van der Waals surface area contributed by atoms with Gasteiger partial charge < -0.3 is 25.4 Å². The second-order valence-electron chi connectivity index (χ2n) is 7.63. The quantitative estimate of drug-likeness (QED) is 0.135. The Morgan fingerprint density at radius 1 is 1.00 bits per heavy atom. The number of benzene rings is 3. The van der Waals surface area contributed by atoms with E-state index in [-0.39, 0.29) is 12.3 Å². The molecule has 4 amide bonds. The maximum absolute atomic E-state index is 13.3. The molecule has 3 rings (SSSR count). The highest BCUT2D eigenvalue weighted by Crippen LogP contribution is 2.19. The maximum Gasteiger partial charge on any atom is 0.340 e. The molecule has 0 spiro atoms. The van der Waals surface area contributed by atoms with Crippen molar-refractivity contribution in [3.63, 3.8) is 0 Å². The lowest BCUT2D eigenvalue weighted by Gasteiger charge is -2.25. The number of nitrogens with two attached hydrogens (primary N) is 1. The van der Waals surface area contributed by atoms with E-state index in [1.807, 2.05) is 30.3 Å². The summed E-state index contributed by atoms with van der Waals surface area (Å²) in [6.45, 7) is 0. The minimum Gasteiger partial charge on any atom is -0.497 e. The molecule has 3 aromatic rings. The fraction of sp³-hybridized carbons (Fsp3) is 0.160. The van der Waals surface area contributed by atoms with Crippen LogP contribution in [0.1, 0.15) is 15.9 Å². The molecule has 0 radical (unpaired) electrons. The van der Waals surface area contributed by atoms with E-state index in [1.165, 1.54) is 4.90 Å².